The molecule has 0 amide bonds. The van der Waals surface area contributed by atoms with Crippen molar-refractivity contribution in [3.63, 3.8) is 0 Å². The lowest BCUT2D eigenvalue weighted by Gasteiger charge is -2.14. The van der Waals surface area contributed by atoms with Crippen molar-refractivity contribution in [2.24, 2.45) is 0 Å². The van der Waals surface area contributed by atoms with Gasteiger partial charge in [0.2, 0.25) is 0 Å². The average molecular weight is 1460 g/mol. The zero-order valence-corrected chi connectivity index (χ0v) is 61.3. The van der Waals surface area contributed by atoms with Gasteiger partial charge in [0.1, 0.15) is 34.0 Å². The van der Waals surface area contributed by atoms with Gasteiger partial charge in [-0.25, -0.2) is 19.9 Å². The summed E-state index contributed by atoms with van der Waals surface area (Å²) in [6.45, 7) is 0. The van der Waals surface area contributed by atoms with Crippen LogP contribution in [0.25, 0.3) is 222 Å². The molecule has 8 heterocycles. The van der Waals surface area contributed by atoms with E-state index in [1.165, 1.54) is 27.1 Å². The number of furan rings is 2. The Balaban J connectivity index is 0.000000135. The molecule has 114 heavy (non-hydrogen) atoms. The van der Waals surface area contributed by atoms with Gasteiger partial charge in [-0.15, -0.1) is 0 Å². The Labute approximate surface area is 652 Å². The SMILES string of the molecule is c1ccc(-c2ccc(-c3cc(-n4c5ccccc5c5ccc6c7ccccc7n(-c7ccccc7)c6c54)nc(-c4cccc5c4oc4ccccc45)n3)cc2)cc1.c1ccc(-c2cccc(-c3nc(-c4ccc5c(c4)oc4ccccc45)cc(-n4c5ccccc5c5ccc6c7ccccc7n(-c7ccccc7)c6c54)n3)c2)cc1. The van der Waals surface area contributed by atoms with Crippen LogP contribution in [-0.2, 0) is 0 Å². The molecule has 24 rings (SSSR count). The summed E-state index contributed by atoms with van der Waals surface area (Å²) in [5.41, 5.74) is 24.4. The Bertz CT molecular complexity index is 7970. The molecule has 0 unspecified atom stereocenters. The van der Waals surface area contributed by atoms with Crippen LogP contribution in [0.2, 0.25) is 0 Å². The number of hydrogen-bond acceptors (Lipinski definition) is 6. The van der Waals surface area contributed by atoms with Crippen LogP contribution in [0, 0.1) is 0 Å². The number of aromatic nitrogens is 8. The molecule has 0 bridgehead atoms. The maximum Gasteiger partial charge on any atom is 0.165 e. The fraction of sp³-hybridized carbons (Fsp3) is 0. The van der Waals surface area contributed by atoms with Gasteiger partial charge in [0, 0.05) is 105 Å². The van der Waals surface area contributed by atoms with Crippen molar-refractivity contribution in [1.29, 1.82) is 0 Å². The topological polar surface area (TPSA) is 97.6 Å². The lowest BCUT2D eigenvalue weighted by atomic mass is 10.0. The summed E-state index contributed by atoms with van der Waals surface area (Å²) in [5, 5.41) is 13.7. The summed E-state index contributed by atoms with van der Waals surface area (Å²) in [5.74, 6) is 2.81. The highest BCUT2D eigenvalue weighted by Crippen LogP contribution is 2.46. The molecule has 24 aromatic rings. The Kier molecular flexibility index (Phi) is 14.8. The zero-order valence-electron chi connectivity index (χ0n) is 61.3. The van der Waals surface area contributed by atoms with E-state index in [2.05, 4.69) is 370 Å². The van der Waals surface area contributed by atoms with Crippen molar-refractivity contribution in [1.82, 2.24) is 38.2 Å². The third-order valence-corrected chi connectivity index (χ3v) is 22.7. The smallest absolute Gasteiger partial charge is 0.165 e. The third kappa shape index (κ3) is 10.4. The Morgan fingerprint density at radius 1 is 0.193 bits per heavy atom. The number of nitrogens with zero attached hydrogens (tertiary/aromatic N) is 8. The first-order valence-electron chi connectivity index (χ1n) is 38.5. The van der Waals surface area contributed by atoms with E-state index in [4.69, 9.17) is 28.8 Å². The van der Waals surface area contributed by atoms with Gasteiger partial charge in [0.05, 0.1) is 61.1 Å². The third-order valence-electron chi connectivity index (χ3n) is 22.7. The van der Waals surface area contributed by atoms with Crippen LogP contribution in [0.15, 0.2) is 397 Å². The Hall–Kier alpha value is -15.5. The summed E-state index contributed by atoms with van der Waals surface area (Å²) in [4.78, 5) is 21.7. The second-order valence-corrected chi connectivity index (χ2v) is 29.1. The van der Waals surface area contributed by atoms with Gasteiger partial charge < -0.3 is 18.0 Å². The van der Waals surface area contributed by atoms with Crippen molar-refractivity contribution in [3.05, 3.63) is 388 Å². The Morgan fingerprint density at radius 3 is 1.09 bits per heavy atom. The Morgan fingerprint density at radius 2 is 0.544 bits per heavy atom. The molecule has 0 aliphatic heterocycles. The molecule has 10 heteroatoms. The van der Waals surface area contributed by atoms with Gasteiger partial charge in [-0.1, -0.05) is 291 Å². The highest BCUT2D eigenvalue weighted by Gasteiger charge is 2.27. The fourth-order valence-corrected chi connectivity index (χ4v) is 17.6. The summed E-state index contributed by atoms with van der Waals surface area (Å²) in [6.07, 6.45) is 0. The number of benzene rings is 16. The highest BCUT2D eigenvalue weighted by molar-refractivity contribution is 6.26. The maximum absolute atomic E-state index is 6.59. The van der Waals surface area contributed by atoms with Gasteiger partial charge in [-0.05, 0) is 107 Å². The molecular formula is C104H64N8O2. The van der Waals surface area contributed by atoms with E-state index in [0.717, 1.165) is 183 Å². The molecule has 0 atom stereocenters. The number of fused-ring (bicyclic) bond motifs is 20. The molecule has 16 aromatic carbocycles. The van der Waals surface area contributed by atoms with E-state index in [1.54, 1.807) is 0 Å². The maximum atomic E-state index is 6.59. The van der Waals surface area contributed by atoms with Crippen LogP contribution in [0.1, 0.15) is 0 Å². The minimum Gasteiger partial charge on any atom is -0.456 e. The molecule has 532 valence electrons. The quantitative estimate of drug-likeness (QED) is 0.135. The van der Waals surface area contributed by atoms with E-state index in [1.807, 2.05) is 36.4 Å². The van der Waals surface area contributed by atoms with Crippen LogP contribution < -0.4 is 0 Å². The van der Waals surface area contributed by atoms with Gasteiger partial charge in [0.25, 0.3) is 0 Å². The first kappa shape index (κ1) is 64.5. The van der Waals surface area contributed by atoms with E-state index >= 15 is 0 Å². The second kappa shape index (κ2) is 26.1. The lowest BCUT2D eigenvalue weighted by molar-refractivity contribution is 0.669. The van der Waals surface area contributed by atoms with Gasteiger partial charge in [-0.3, -0.25) is 9.13 Å². The van der Waals surface area contributed by atoms with Crippen LogP contribution >= 0.6 is 0 Å². The van der Waals surface area contributed by atoms with E-state index in [-0.39, 0.29) is 0 Å². The molecule has 0 aliphatic rings. The molecule has 0 aliphatic carbocycles. The van der Waals surface area contributed by atoms with Crippen LogP contribution in [-0.4, -0.2) is 38.2 Å². The number of hydrogen-bond donors (Lipinski definition) is 0. The molecule has 0 spiro atoms. The highest BCUT2D eigenvalue weighted by atomic mass is 16.3. The van der Waals surface area contributed by atoms with Crippen LogP contribution in [0.4, 0.5) is 0 Å². The zero-order chi connectivity index (χ0) is 74.9. The van der Waals surface area contributed by atoms with Gasteiger partial charge in [0.15, 0.2) is 11.6 Å². The fourth-order valence-electron chi connectivity index (χ4n) is 17.6. The van der Waals surface area contributed by atoms with E-state index < -0.39 is 0 Å². The lowest BCUT2D eigenvalue weighted by Crippen LogP contribution is -2.04. The molecule has 8 aromatic heterocycles. The molecule has 0 saturated carbocycles. The van der Waals surface area contributed by atoms with Crippen LogP contribution in [0.5, 0.6) is 0 Å². The molecule has 0 fully saturated rings. The number of para-hydroxylation sites is 9. The van der Waals surface area contributed by atoms with Gasteiger partial charge in [-0.2, -0.15) is 0 Å². The van der Waals surface area contributed by atoms with Crippen LogP contribution in [0.3, 0.4) is 0 Å². The summed E-state index contributed by atoms with van der Waals surface area (Å²) in [6, 6.07) is 137. The van der Waals surface area contributed by atoms with Crippen molar-refractivity contribution in [2.45, 2.75) is 0 Å². The standard InChI is InChI=1S/2C52H32N4O/c1-3-14-33(15-4-1)34-16-13-17-36(30-34)52-53-44(35-26-27-41-40-22-9-12-25-47(40)57-48(41)31-35)32-49(54-52)56-46-24-11-8-21-39(46)43-29-28-42-38-20-7-10-23-45(38)55(50(42)51(43)56)37-18-5-2-6-19-37;1-3-14-33(15-4-1)34-26-28-35(29-27-34)44-32-48(54-52(53-44)43-22-13-21-42-39-20-9-12-25-47(39)57-51(42)43)56-46-24-11-8-19-38(46)41-31-30-40-37-18-7-10-23-45(37)55(49(40)50(41)56)36-16-5-2-6-17-36/h2*1-32H. The normalized spacial score (nSPS) is 11.9. The molecule has 0 radical (unpaired) electrons. The largest absolute Gasteiger partial charge is 0.456 e. The summed E-state index contributed by atoms with van der Waals surface area (Å²) < 4.78 is 22.5. The predicted molar refractivity (Wildman–Crippen MR) is 469 cm³/mol. The summed E-state index contributed by atoms with van der Waals surface area (Å²) >= 11 is 0. The first-order chi connectivity index (χ1) is 56.5. The van der Waals surface area contributed by atoms with Gasteiger partial charge >= 0.3 is 0 Å². The monoisotopic (exact) mass is 1460 g/mol. The van der Waals surface area contributed by atoms with E-state index in [0.29, 0.717) is 11.6 Å². The minimum absolute atomic E-state index is 0.598. The van der Waals surface area contributed by atoms with E-state index in [9.17, 15) is 0 Å². The molecular weight excluding hydrogens is 1390 g/mol. The summed E-state index contributed by atoms with van der Waals surface area (Å²) in [7, 11) is 0. The van der Waals surface area contributed by atoms with Crippen molar-refractivity contribution in [2.75, 3.05) is 0 Å². The van der Waals surface area contributed by atoms with Crippen molar-refractivity contribution < 1.29 is 8.83 Å². The molecule has 10 nitrogen and oxygen atoms in total. The number of rotatable bonds is 10. The average Bonchev–Trinajstić information content (AvgIpc) is 1.55. The van der Waals surface area contributed by atoms with Crippen molar-refractivity contribution in [3.8, 4) is 90.6 Å². The minimum atomic E-state index is 0.598. The van der Waals surface area contributed by atoms with Crippen molar-refractivity contribution >= 4 is 131 Å². The second-order valence-electron chi connectivity index (χ2n) is 29.1. The first-order valence-corrected chi connectivity index (χ1v) is 38.5. The molecule has 0 saturated heterocycles. The predicted octanol–water partition coefficient (Wildman–Crippen LogP) is 27.1. The molecule has 0 N–H and O–H groups in total.